The Hall–Kier alpha value is -1.43. The molecule has 1 amide bonds. The normalized spacial score (nSPS) is 26.3. The first-order chi connectivity index (χ1) is 11.3. The average Bonchev–Trinajstić information content (AvgIpc) is 3.07. The minimum absolute atomic E-state index is 0.0499. The van der Waals surface area contributed by atoms with Gasteiger partial charge in [0.15, 0.2) is 0 Å². The summed E-state index contributed by atoms with van der Waals surface area (Å²) in [6.07, 6.45) is 3.33. The van der Waals surface area contributed by atoms with Crippen LogP contribution in [0.15, 0.2) is 30.3 Å². The molecule has 2 aliphatic heterocycles. The summed E-state index contributed by atoms with van der Waals surface area (Å²) in [5.74, 6) is 0.122. The van der Waals surface area contributed by atoms with Gasteiger partial charge in [-0.3, -0.25) is 10.2 Å². The molecular formula is C18H28N4O. The molecule has 2 saturated heterocycles. The van der Waals surface area contributed by atoms with Crippen molar-refractivity contribution in [3.8, 4) is 0 Å². The van der Waals surface area contributed by atoms with Crippen molar-refractivity contribution in [3.63, 3.8) is 0 Å². The molecule has 1 aromatic rings. The SMILES string of the molecule is CCCN1CCC(NC(=O)C2CNNC2c2ccccc2)CC1. The first-order valence-corrected chi connectivity index (χ1v) is 8.84. The maximum absolute atomic E-state index is 12.7. The molecule has 0 radical (unpaired) electrons. The highest BCUT2D eigenvalue weighted by molar-refractivity contribution is 5.80. The minimum Gasteiger partial charge on any atom is -0.353 e. The molecule has 0 aromatic heterocycles. The number of nitrogens with zero attached hydrogens (tertiary/aromatic N) is 1. The van der Waals surface area contributed by atoms with Crippen molar-refractivity contribution >= 4 is 5.91 Å². The van der Waals surface area contributed by atoms with Gasteiger partial charge in [-0.05, 0) is 31.4 Å². The molecule has 5 heteroatoms. The van der Waals surface area contributed by atoms with Crippen LogP contribution in [0.2, 0.25) is 0 Å². The van der Waals surface area contributed by atoms with Crippen LogP contribution in [0.1, 0.15) is 37.8 Å². The van der Waals surface area contributed by atoms with Crippen molar-refractivity contribution in [1.82, 2.24) is 21.1 Å². The van der Waals surface area contributed by atoms with Crippen LogP contribution in [0.25, 0.3) is 0 Å². The van der Waals surface area contributed by atoms with Crippen molar-refractivity contribution < 1.29 is 4.79 Å². The second kappa shape index (κ2) is 7.90. The molecule has 2 fully saturated rings. The zero-order valence-corrected chi connectivity index (χ0v) is 13.9. The largest absolute Gasteiger partial charge is 0.353 e. The van der Waals surface area contributed by atoms with Crippen LogP contribution in [0.5, 0.6) is 0 Å². The van der Waals surface area contributed by atoms with Gasteiger partial charge in [0.1, 0.15) is 0 Å². The van der Waals surface area contributed by atoms with Crippen LogP contribution in [0.3, 0.4) is 0 Å². The van der Waals surface area contributed by atoms with Crippen LogP contribution in [-0.2, 0) is 4.79 Å². The Kier molecular flexibility index (Phi) is 5.65. The number of carbonyl (C=O) groups excluding carboxylic acids is 1. The first kappa shape index (κ1) is 16.4. The zero-order valence-electron chi connectivity index (χ0n) is 13.9. The van der Waals surface area contributed by atoms with Gasteiger partial charge in [0.2, 0.25) is 5.91 Å². The maximum atomic E-state index is 12.7. The van der Waals surface area contributed by atoms with E-state index in [1.165, 1.54) is 13.0 Å². The third kappa shape index (κ3) is 4.10. The lowest BCUT2D eigenvalue weighted by atomic mass is 9.93. The summed E-state index contributed by atoms with van der Waals surface area (Å²) < 4.78 is 0. The Labute approximate surface area is 138 Å². The predicted octanol–water partition coefficient (Wildman–Crippen LogP) is 1.44. The number of hydrogen-bond donors (Lipinski definition) is 3. The first-order valence-electron chi connectivity index (χ1n) is 8.84. The number of nitrogens with one attached hydrogen (secondary N) is 3. The summed E-state index contributed by atoms with van der Waals surface area (Å²) in [4.78, 5) is 15.2. The van der Waals surface area contributed by atoms with E-state index in [1.807, 2.05) is 18.2 Å². The summed E-state index contributed by atoms with van der Waals surface area (Å²) in [5.41, 5.74) is 7.55. The van der Waals surface area contributed by atoms with Gasteiger partial charge in [-0.2, -0.15) is 0 Å². The molecule has 0 spiro atoms. The molecule has 126 valence electrons. The number of piperidine rings is 1. The molecule has 2 aliphatic rings. The fraction of sp³-hybridized carbons (Fsp3) is 0.611. The van der Waals surface area contributed by atoms with Gasteiger partial charge in [-0.15, -0.1) is 0 Å². The van der Waals surface area contributed by atoms with Crippen molar-refractivity contribution in [2.45, 2.75) is 38.3 Å². The van der Waals surface area contributed by atoms with Crippen molar-refractivity contribution in [1.29, 1.82) is 0 Å². The molecule has 1 aromatic carbocycles. The van der Waals surface area contributed by atoms with Crippen LogP contribution in [0.4, 0.5) is 0 Å². The summed E-state index contributed by atoms with van der Waals surface area (Å²) in [7, 11) is 0. The third-order valence-electron chi connectivity index (χ3n) is 4.95. The molecular weight excluding hydrogens is 288 g/mol. The number of hydrogen-bond acceptors (Lipinski definition) is 4. The number of amides is 1. The average molecular weight is 316 g/mol. The molecule has 0 bridgehead atoms. The van der Waals surface area contributed by atoms with E-state index in [1.54, 1.807) is 0 Å². The van der Waals surface area contributed by atoms with Gasteiger partial charge in [-0.1, -0.05) is 37.3 Å². The summed E-state index contributed by atoms with van der Waals surface area (Å²) >= 11 is 0. The molecule has 23 heavy (non-hydrogen) atoms. The molecule has 2 atom stereocenters. The second-order valence-corrected chi connectivity index (χ2v) is 6.64. The highest BCUT2D eigenvalue weighted by Crippen LogP contribution is 2.25. The van der Waals surface area contributed by atoms with E-state index >= 15 is 0 Å². The highest BCUT2D eigenvalue weighted by Gasteiger charge is 2.35. The van der Waals surface area contributed by atoms with E-state index in [0.717, 1.165) is 31.5 Å². The Balaban J connectivity index is 1.54. The minimum atomic E-state index is -0.0499. The lowest BCUT2D eigenvalue weighted by Crippen LogP contribution is -2.47. The molecule has 5 nitrogen and oxygen atoms in total. The third-order valence-corrected chi connectivity index (χ3v) is 4.95. The molecule has 3 N–H and O–H groups in total. The molecule has 0 saturated carbocycles. The Morgan fingerprint density at radius 2 is 2.00 bits per heavy atom. The van der Waals surface area contributed by atoms with E-state index in [0.29, 0.717) is 12.6 Å². The van der Waals surface area contributed by atoms with Gasteiger partial charge in [0, 0.05) is 25.7 Å². The fourth-order valence-corrected chi connectivity index (χ4v) is 3.64. The smallest absolute Gasteiger partial charge is 0.226 e. The van der Waals surface area contributed by atoms with Crippen molar-refractivity contribution in [2.75, 3.05) is 26.2 Å². The Morgan fingerprint density at radius 1 is 1.26 bits per heavy atom. The standard InChI is InChI=1S/C18H28N4O/c1-2-10-22-11-8-15(9-12-22)20-18(23)16-13-19-21-17(16)14-6-4-3-5-7-14/h3-7,15-17,19,21H,2,8-13H2,1H3,(H,20,23). The van der Waals surface area contributed by atoms with Crippen LogP contribution < -0.4 is 16.2 Å². The fourth-order valence-electron chi connectivity index (χ4n) is 3.64. The molecule has 0 aliphatic carbocycles. The number of hydrazine groups is 1. The van der Waals surface area contributed by atoms with E-state index < -0.39 is 0 Å². The van der Waals surface area contributed by atoms with Gasteiger partial charge >= 0.3 is 0 Å². The van der Waals surface area contributed by atoms with Gasteiger partial charge < -0.3 is 10.2 Å². The van der Waals surface area contributed by atoms with E-state index in [2.05, 4.69) is 40.1 Å². The lowest BCUT2D eigenvalue weighted by Gasteiger charge is -2.33. The van der Waals surface area contributed by atoms with E-state index in [9.17, 15) is 4.79 Å². The number of benzene rings is 1. The van der Waals surface area contributed by atoms with E-state index in [4.69, 9.17) is 0 Å². The summed E-state index contributed by atoms with van der Waals surface area (Å²) in [6, 6.07) is 10.6. The Morgan fingerprint density at radius 3 is 2.70 bits per heavy atom. The van der Waals surface area contributed by atoms with Crippen molar-refractivity contribution in [3.05, 3.63) is 35.9 Å². The molecule has 3 rings (SSSR count). The van der Waals surface area contributed by atoms with E-state index in [-0.39, 0.29) is 17.9 Å². The Bertz CT molecular complexity index is 499. The summed E-state index contributed by atoms with van der Waals surface area (Å²) in [6.45, 7) is 6.27. The number of carbonyl (C=O) groups is 1. The topological polar surface area (TPSA) is 56.4 Å². The zero-order chi connectivity index (χ0) is 16.1. The van der Waals surface area contributed by atoms with Gasteiger partial charge in [0.05, 0.1) is 12.0 Å². The predicted molar refractivity (Wildman–Crippen MR) is 91.7 cm³/mol. The molecule has 2 unspecified atom stereocenters. The van der Waals surface area contributed by atoms with Crippen molar-refractivity contribution in [2.24, 2.45) is 5.92 Å². The van der Waals surface area contributed by atoms with Crippen LogP contribution >= 0.6 is 0 Å². The maximum Gasteiger partial charge on any atom is 0.226 e. The lowest BCUT2D eigenvalue weighted by molar-refractivity contribution is -0.126. The second-order valence-electron chi connectivity index (χ2n) is 6.64. The van der Waals surface area contributed by atoms with Gasteiger partial charge in [0.25, 0.3) is 0 Å². The number of rotatable bonds is 5. The number of likely N-dealkylation sites (tertiary alicyclic amines) is 1. The van der Waals surface area contributed by atoms with Crippen LogP contribution in [-0.4, -0.2) is 43.0 Å². The summed E-state index contributed by atoms with van der Waals surface area (Å²) in [5, 5.41) is 3.28. The monoisotopic (exact) mass is 316 g/mol. The van der Waals surface area contributed by atoms with Crippen LogP contribution in [0, 0.1) is 5.92 Å². The highest BCUT2D eigenvalue weighted by atomic mass is 16.2. The molecule has 2 heterocycles. The quantitative estimate of drug-likeness (QED) is 0.769. The van der Waals surface area contributed by atoms with Gasteiger partial charge in [-0.25, -0.2) is 5.43 Å².